The lowest BCUT2D eigenvalue weighted by Gasteiger charge is -2.25. The number of hydrogen-bond acceptors (Lipinski definition) is 3. The Labute approximate surface area is 120 Å². The van der Waals surface area contributed by atoms with Crippen LogP contribution in [0.5, 0.6) is 0 Å². The van der Waals surface area contributed by atoms with Crippen molar-refractivity contribution >= 4 is 17.7 Å². The molecule has 2 N–H and O–H groups in total. The summed E-state index contributed by atoms with van der Waals surface area (Å²) in [4.78, 5) is 36.8. The van der Waals surface area contributed by atoms with Gasteiger partial charge >= 0.3 is 0 Å². The summed E-state index contributed by atoms with van der Waals surface area (Å²) in [5, 5.41) is 5.35. The molecule has 1 aliphatic heterocycles. The second-order valence-electron chi connectivity index (χ2n) is 5.41. The average molecular weight is 283 g/mol. The molecule has 0 saturated carbocycles. The Morgan fingerprint density at radius 2 is 2.00 bits per heavy atom. The molecule has 0 radical (unpaired) electrons. The Balaban J connectivity index is 2.38. The maximum Gasteiger partial charge on any atom is 0.242 e. The Morgan fingerprint density at radius 3 is 2.60 bits per heavy atom. The third kappa shape index (κ3) is 4.51. The molecule has 0 unspecified atom stereocenters. The molecule has 1 fully saturated rings. The van der Waals surface area contributed by atoms with Crippen LogP contribution in [-0.2, 0) is 14.4 Å². The van der Waals surface area contributed by atoms with Crippen molar-refractivity contribution in [3.8, 4) is 0 Å². The molecule has 0 bridgehead atoms. The topological polar surface area (TPSA) is 78.5 Å². The van der Waals surface area contributed by atoms with Gasteiger partial charge in [0.1, 0.15) is 6.04 Å². The summed E-state index contributed by atoms with van der Waals surface area (Å²) in [5.41, 5.74) is 0. The molecule has 3 amide bonds. The fourth-order valence-corrected chi connectivity index (χ4v) is 2.34. The molecular formula is C14H25N3O3. The fraction of sp³-hybridized carbons (Fsp3) is 0.786. The molecule has 0 aromatic carbocycles. The van der Waals surface area contributed by atoms with Gasteiger partial charge < -0.3 is 15.5 Å². The number of carbonyl (C=O) groups excluding carboxylic acids is 3. The van der Waals surface area contributed by atoms with Gasteiger partial charge in [0.25, 0.3) is 0 Å². The summed E-state index contributed by atoms with van der Waals surface area (Å²) in [6.07, 6.45) is 2.60. The lowest BCUT2D eigenvalue weighted by molar-refractivity contribution is -0.140. The average Bonchev–Trinajstić information content (AvgIpc) is 2.91. The van der Waals surface area contributed by atoms with E-state index in [0.29, 0.717) is 25.9 Å². The lowest BCUT2D eigenvalue weighted by atomic mass is 10.1. The van der Waals surface area contributed by atoms with Gasteiger partial charge in [-0.05, 0) is 19.3 Å². The zero-order chi connectivity index (χ0) is 15.1. The first-order valence-electron chi connectivity index (χ1n) is 7.26. The summed E-state index contributed by atoms with van der Waals surface area (Å²) in [7, 11) is 1.59. The van der Waals surface area contributed by atoms with E-state index >= 15 is 0 Å². The van der Waals surface area contributed by atoms with Crippen LogP contribution in [0.25, 0.3) is 0 Å². The van der Waals surface area contributed by atoms with Crippen LogP contribution >= 0.6 is 0 Å². The third-order valence-electron chi connectivity index (χ3n) is 3.49. The molecule has 1 atom stereocenters. The van der Waals surface area contributed by atoms with Crippen molar-refractivity contribution in [2.75, 3.05) is 20.1 Å². The van der Waals surface area contributed by atoms with Crippen LogP contribution in [0.15, 0.2) is 0 Å². The molecule has 1 aliphatic rings. The van der Waals surface area contributed by atoms with Crippen molar-refractivity contribution in [1.29, 1.82) is 0 Å². The zero-order valence-electron chi connectivity index (χ0n) is 12.6. The number of carbonyl (C=O) groups is 3. The minimum absolute atomic E-state index is 0.0308. The van der Waals surface area contributed by atoms with Crippen LogP contribution in [-0.4, -0.2) is 48.8 Å². The third-order valence-corrected chi connectivity index (χ3v) is 3.49. The van der Waals surface area contributed by atoms with Crippen molar-refractivity contribution in [2.24, 2.45) is 5.92 Å². The van der Waals surface area contributed by atoms with E-state index in [9.17, 15) is 14.4 Å². The van der Waals surface area contributed by atoms with E-state index in [1.807, 2.05) is 13.8 Å². The Bertz CT molecular complexity index is 369. The number of rotatable bonds is 6. The van der Waals surface area contributed by atoms with Crippen LogP contribution in [0, 0.1) is 5.92 Å². The Kier molecular flexibility index (Phi) is 6.48. The Morgan fingerprint density at radius 1 is 1.30 bits per heavy atom. The SMILES string of the molecule is CNC(=O)CCCNC(=O)[C@@H]1CCCN1C(=O)C(C)C. The molecule has 114 valence electrons. The van der Waals surface area contributed by atoms with E-state index in [4.69, 9.17) is 0 Å². The molecule has 6 heteroatoms. The molecule has 0 spiro atoms. The first-order valence-corrected chi connectivity index (χ1v) is 7.26. The van der Waals surface area contributed by atoms with E-state index in [0.717, 1.165) is 12.8 Å². The minimum atomic E-state index is -0.343. The number of nitrogens with one attached hydrogen (secondary N) is 2. The van der Waals surface area contributed by atoms with Gasteiger partial charge in [-0.25, -0.2) is 0 Å². The van der Waals surface area contributed by atoms with Gasteiger partial charge in [0.2, 0.25) is 17.7 Å². The van der Waals surface area contributed by atoms with Crippen molar-refractivity contribution in [3.63, 3.8) is 0 Å². The Hall–Kier alpha value is -1.59. The monoisotopic (exact) mass is 283 g/mol. The smallest absolute Gasteiger partial charge is 0.242 e. The highest BCUT2D eigenvalue weighted by Gasteiger charge is 2.34. The molecule has 0 aromatic heterocycles. The molecule has 1 rings (SSSR count). The van der Waals surface area contributed by atoms with Crippen LogP contribution in [0.3, 0.4) is 0 Å². The predicted molar refractivity (Wildman–Crippen MR) is 75.9 cm³/mol. The number of nitrogens with zero attached hydrogens (tertiary/aromatic N) is 1. The van der Waals surface area contributed by atoms with Crippen LogP contribution < -0.4 is 10.6 Å². The maximum absolute atomic E-state index is 12.1. The highest BCUT2D eigenvalue weighted by molar-refractivity contribution is 5.88. The van der Waals surface area contributed by atoms with Gasteiger partial charge in [-0.2, -0.15) is 0 Å². The van der Waals surface area contributed by atoms with Crippen molar-refractivity contribution in [2.45, 2.75) is 45.6 Å². The lowest BCUT2D eigenvalue weighted by Crippen LogP contribution is -2.47. The van der Waals surface area contributed by atoms with Gasteiger partial charge in [-0.3, -0.25) is 14.4 Å². The van der Waals surface area contributed by atoms with Crippen LogP contribution in [0.1, 0.15) is 39.5 Å². The molecule has 1 heterocycles. The molecule has 0 aliphatic carbocycles. The normalized spacial score (nSPS) is 18.2. The maximum atomic E-state index is 12.1. The van der Waals surface area contributed by atoms with Gasteiger partial charge in [-0.1, -0.05) is 13.8 Å². The molecule has 0 aromatic rings. The summed E-state index contributed by atoms with van der Waals surface area (Å²) < 4.78 is 0. The quantitative estimate of drug-likeness (QED) is 0.687. The summed E-state index contributed by atoms with van der Waals surface area (Å²) in [5.74, 6) is -0.185. The molecule has 20 heavy (non-hydrogen) atoms. The first-order chi connectivity index (χ1) is 9.47. The predicted octanol–water partition coefficient (Wildman–Crippen LogP) is 0.276. The summed E-state index contributed by atoms with van der Waals surface area (Å²) >= 11 is 0. The highest BCUT2D eigenvalue weighted by Crippen LogP contribution is 2.19. The second kappa shape index (κ2) is 7.87. The van der Waals surface area contributed by atoms with Gasteiger partial charge in [0.15, 0.2) is 0 Å². The summed E-state index contributed by atoms with van der Waals surface area (Å²) in [6.45, 7) is 4.82. The van der Waals surface area contributed by atoms with Gasteiger partial charge in [-0.15, -0.1) is 0 Å². The van der Waals surface area contributed by atoms with Crippen molar-refractivity contribution < 1.29 is 14.4 Å². The summed E-state index contributed by atoms with van der Waals surface area (Å²) in [6, 6.07) is -0.343. The number of hydrogen-bond donors (Lipinski definition) is 2. The first kappa shape index (κ1) is 16.5. The van der Waals surface area contributed by atoms with E-state index < -0.39 is 0 Å². The van der Waals surface area contributed by atoms with E-state index in [1.54, 1.807) is 11.9 Å². The van der Waals surface area contributed by atoms with Gasteiger partial charge in [0, 0.05) is 32.5 Å². The fourth-order valence-electron chi connectivity index (χ4n) is 2.34. The van der Waals surface area contributed by atoms with Crippen molar-refractivity contribution in [1.82, 2.24) is 15.5 Å². The van der Waals surface area contributed by atoms with E-state index in [-0.39, 0.29) is 29.7 Å². The highest BCUT2D eigenvalue weighted by atomic mass is 16.2. The van der Waals surface area contributed by atoms with Gasteiger partial charge in [0.05, 0.1) is 0 Å². The number of likely N-dealkylation sites (tertiary alicyclic amines) is 1. The standard InChI is InChI=1S/C14H25N3O3/c1-10(2)14(20)17-9-5-6-11(17)13(19)16-8-4-7-12(18)15-3/h10-11H,4-9H2,1-3H3,(H,15,18)(H,16,19)/t11-/m0/s1. The molecule has 6 nitrogen and oxygen atoms in total. The zero-order valence-corrected chi connectivity index (χ0v) is 12.6. The van der Waals surface area contributed by atoms with Crippen molar-refractivity contribution in [3.05, 3.63) is 0 Å². The number of amides is 3. The van der Waals surface area contributed by atoms with Crippen LogP contribution in [0.4, 0.5) is 0 Å². The molecular weight excluding hydrogens is 258 g/mol. The second-order valence-corrected chi connectivity index (χ2v) is 5.41. The van der Waals surface area contributed by atoms with E-state index in [1.165, 1.54) is 0 Å². The van der Waals surface area contributed by atoms with Crippen LogP contribution in [0.2, 0.25) is 0 Å². The minimum Gasteiger partial charge on any atom is -0.359 e. The molecule has 1 saturated heterocycles. The largest absolute Gasteiger partial charge is 0.359 e. The van der Waals surface area contributed by atoms with E-state index in [2.05, 4.69) is 10.6 Å².